The van der Waals surface area contributed by atoms with Gasteiger partial charge in [0.2, 0.25) is 5.88 Å². The Morgan fingerprint density at radius 2 is 2.11 bits per heavy atom. The fourth-order valence-corrected chi connectivity index (χ4v) is 1.70. The molecule has 0 bridgehead atoms. The monoisotopic (exact) mass is 246 g/mol. The Balaban J connectivity index is 2.47. The van der Waals surface area contributed by atoms with Crippen molar-refractivity contribution >= 4 is 0 Å². The molecule has 1 N–H and O–H groups in total. The molecule has 0 aromatic carbocycles. The number of aromatic amines is 1. The number of hydrogen-bond acceptors (Lipinski definition) is 5. The second-order valence-corrected chi connectivity index (χ2v) is 3.79. The largest absolute Gasteiger partial charge is 0.480 e. The summed E-state index contributed by atoms with van der Waals surface area (Å²) >= 11 is 0. The summed E-state index contributed by atoms with van der Waals surface area (Å²) in [6.45, 7) is 3.74. The topological polar surface area (TPSA) is 80.8 Å². The van der Waals surface area contributed by atoms with Gasteiger partial charge in [0.1, 0.15) is 5.69 Å². The number of H-pyrrole nitrogens is 1. The van der Waals surface area contributed by atoms with Crippen LogP contribution in [0.2, 0.25) is 0 Å². The van der Waals surface area contributed by atoms with E-state index in [1.165, 1.54) is 7.11 Å². The van der Waals surface area contributed by atoms with Gasteiger partial charge >= 0.3 is 0 Å². The third kappa shape index (κ3) is 2.22. The van der Waals surface area contributed by atoms with Gasteiger partial charge in [-0.25, -0.2) is 4.98 Å². The van der Waals surface area contributed by atoms with E-state index in [-0.39, 0.29) is 5.56 Å². The number of methoxy groups -OCH3 is 1. The van der Waals surface area contributed by atoms with Crippen molar-refractivity contribution in [3.63, 3.8) is 0 Å². The van der Waals surface area contributed by atoms with Crippen LogP contribution in [0.15, 0.2) is 16.9 Å². The van der Waals surface area contributed by atoms with Crippen molar-refractivity contribution in [1.29, 1.82) is 0 Å². The minimum atomic E-state index is -0.127. The number of aryl methyl sites for hydroxylation is 1. The van der Waals surface area contributed by atoms with E-state index in [1.807, 2.05) is 13.8 Å². The molecule has 94 valence electrons. The van der Waals surface area contributed by atoms with Crippen LogP contribution in [0.4, 0.5) is 0 Å². The van der Waals surface area contributed by atoms with E-state index in [9.17, 15) is 4.79 Å². The van der Waals surface area contributed by atoms with Gasteiger partial charge in [-0.15, -0.1) is 10.2 Å². The first-order valence-electron chi connectivity index (χ1n) is 5.63. The van der Waals surface area contributed by atoms with Crippen molar-refractivity contribution in [2.75, 3.05) is 7.11 Å². The first-order chi connectivity index (χ1) is 8.65. The molecule has 18 heavy (non-hydrogen) atoms. The van der Waals surface area contributed by atoms with E-state index >= 15 is 0 Å². The molecule has 0 aliphatic carbocycles. The number of nitrogens with zero attached hydrogens (tertiary/aromatic N) is 3. The number of aromatic nitrogens is 4. The van der Waals surface area contributed by atoms with Gasteiger partial charge in [0.05, 0.1) is 7.11 Å². The average molecular weight is 246 g/mol. The van der Waals surface area contributed by atoms with Crippen LogP contribution in [0.1, 0.15) is 18.2 Å². The summed E-state index contributed by atoms with van der Waals surface area (Å²) in [7, 11) is 1.52. The van der Waals surface area contributed by atoms with Crippen LogP contribution in [-0.4, -0.2) is 27.3 Å². The van der Waals surface area contributed by atoms with Gasteiger partial charge in [-0.3, -0.25) is 4.79 Å². The smallest absolute Gasteiger partial charge is 0.254 e. The van der Waals surface area contributed by atoms with E-state index in [4.69, 9.17) is 4.74 Å². The number of hydrogen-bond donors (Lipinski definition) is 1. The van der Waals surface area contributed by atoms with E-state index < -0.39 is 0 Å². The average Bonchev–Trinajstić information content (AvgIpc) is 2.38. The highest BCUT2D eigenvalue weighted by Crippen LogP contribution is 2.13. The fourth-order valence-electron chi connectivity index (χ4n) is 1.70. The van der Waals surface area contributed by atoms with Crippen LogP contribution in [0.25, 0.3) is 11.5 Å². The molecular formula is C12H14N4O2. The third-order valence-corrected chi connectivity index (χ3v) is 2.67. The summed E-state index contributed by atoms with van der Waals surface area (Å²) < 4.78 is 4.92. The van der Waals surface area contributed by atoms with Gasteiger partial charge in [-0.2, -0.15) is 0 Å². The van der Waals surface area contributed by atoms with Crippen molar-refractivity contribution in [3.8, 4) is 17.4 Å². The fraction of sp³-hybridized carbons (Fsp3) is 0.333. The Kier molecular flexibility index (Phi) is 3.36. The molecule has 6 nitrogen and oxygen atoms in total. The summed E-state index contributed by atoms with van der Waals surface area (Å²) in [5, 5.41) is 7.79. The lowest BCUT2D eigenvalue weighted by Gasteiger charge is -2.05. The maximum absolute atomic E-state index is 11.8. The lowest BCUT2D eigenvalue weighted by Crippen LogP contribution is -2.17. The van der Waals surface area contributed by atoms with Gasteiger partial charge in [-0.05, 0) is 19.4 Å². The van der Waals surface area contributed by atoms with Crippen LogP contribution < -0.4 is 10.3 Å². The number of rotatable bonds is 3. The third-order valence-electron chi connectivity index (χ3n) is 2.67. The highest BCUT2D eigenvalue weighted by Gasteiger charge is 2.09. The van der Waals surface area contributed by atoms with Crippen LogP contribution >= 0.6 is 0 Å². The molecule has 0 spiro atoms. The molecule has 0 aliphatic heterocycles. The first-order valence-corrected chi connectivity index (χ1v) is 5.63. The zero-order chi connectivity index (χ0) is 13.1. The molecule has 0 aliphatic rings. The van der Waals surface area contributed by atoms with Gasteiger partial charge in [0.15, 0.2) is 5.82 Å². The van der Waals surface area contributed by atoms with Crippen LogP contribution in [0.5, 0.6) is 5.88 Å². The van der Waals surface area contributed by atoms with Gasteiger partial charge in [-0.1, -0.05) is 6.92 Å². The molecule has 2 heterocycles. The molecule has 0 atom stereocenters. The van der Waals surface area contributed by atoms with Crippen LogP contribution in [0, 0.1) is 6.92 Å². The molecule has 2 rings (SSSR count). The van der Waals surface area contributed by atoms with Crippen LogP contribution in [-0.2, 0) is 6.42 Å². The van der Waals surface area contributed by atoms with Gasteiger partial charge < -0.3 is 9.72 Å². The van der Waals surface area contributed by atoms with Crippen molar-refractivity contribution in [1.82, 2.24) is 20.2 Å². The van der Waals surface area contributed by atoms with E-state index in [0.29, 0.717) is 35.1 Å². The molecule has 2 aromatic rings. The Hall–Kier alpha value is -2.24. The molecule has 0 fully saturated rings. The minimum absolute atomic E-state index is 0.127. The standard InChI is InChI=1S/C12H14N4O2/c1-4-8-7(2)13-11(14-12(8)17)9-5-6-10(18-3)16-15-9/h5-6H,4H2,1-3H3,(H,13,14,17). The molecule has 2 aromatic heterocycles. The van der Waals surface area contributed by atoms with Gasteiger partial charge in [0.25, 0.3) is 5.56 Å². The highest BCUT2D eigenvalue weighted by molar-refractivity contribution is 5.48. The van der Waals surface area contributed by atoms with Crippen molar-refractivity contribution in [2.45, 2.75) is 20.3 Å². The molecule has 0 unspecified atom stereocenters. The van der Waals surface area contributed by atoms with Crippen molar-refractivity contribution in [3.05, 3.63) is 33.7 Å². The molecule has 0 amide bonds. The zero-order valence-electron chi connectivity index (χ0n) is 10.5. The Morgan fingerprint density at radius 1 is 1.33 bits per heavy atom. The SMILES string of the molecule is CCc1c(C)nc(-c2ccc(OC)nn2)[nH]c1=O. The lowest BCUT2D eigenvalue weighted by atomic mass is 10.2. The lowest BCUT2D eigenvalue weighted by molar-refractivity contribution is 0.392. The summed E-state index contributed by atoms with van der Waals surface area (Å²) in [4.78, 5) is 18.9. The number of ether oxygens (including phenoxy) is 1. The maximum atomic E-state index is 11.8. The van der Waals surface area contributed by atoms with Gasteiger partial charge in [0, 0.05) is 17.3 Å². The first kappa shape index (κ1) is 12.2. The maximum Gasteiger partial charge on any atom is 0.254 e. The van der Waals surface area contributed by atoms with E-state index in [1.54, 1.807) is 12.1 Å². The molecule has 0 saturated carbocycles. The summed E-state index contributed by atoms with van der Waals surface area (Å²) in [5.41, 5.74) is 1.80. The number of nitrogens with one attached hydrogen (secondary N) is 1. The molecule has 0 radical (unpaired) electrons. The second kappa shape index (κ2) is 4.95. The summed E-state index contributed by atoms with van der Waals surface area (Å²) in [6.07, 6.45) is 0.655. The normalized spacial score (nSPS) is 10.4. The van der Waals surface area contributed by atoms with E-state index in [2.05, 4.69) is 20.2 Å². The highest BCUT2D eigenvalue weighted by atomic mass is 16.5. The summed E-state index contributed by atoms with van der Waals surface area (Å²) in [6, 6.07) is 3.38. The summed E-state index contributed by atoms with van der Waals surface area (Å²) in [5.74, 6) is 0.841. The van der Waals surface area contributed by atoms with Crippen molar-refractivity contribution in [2.24, 2.45) is 0 Å². The zero-order valence-corrected chi connectivity index (χ0v) is 10.5. The van der Waals surface area contributed by atoms with Crippen molar-refractivity contribution < 1.29 is 4.74 Å². The minimum Gasteiger partial charge on any atom is -0.480 e. The molecule has 0 saturated heterocycles. The Morgan fingerprint density at radius 3 is 2.61 bits per heavy atom. The Labute approximate surface area is 104 Å². The molecular weight excluding hydrogens is 232 g/mol. The predicted octanol–water partition coefficient (Wildman–Crippen LogP) is 1.11. The Bertz CT molecular complexity index is 604. The second-order valence-electron chi connectivity index (χ2n) is 3.79. The quantitative estimate of drug-likeness (QED) is 0.877. The predicted molar refractivity (Wildman–Crippen MR) is 66.6 cm³/mol. The molecule has 6 heteroatoms. The van der Waals surface area contributed by atoms with Crippen LogP contribution in [0.3, 0.4) is 0 Å². The van der Waals surface area contributed by atoms with E-state index in [0.717, 1.165) is 0 Å².